The van der Waals surface area contributed by atoms with Crippen LogP contribution in [0.1, 0.15) is 0 Å². The first kappa shape index (κ1) is 13.5. The molecule has 0 amide bonds. The Hall–Kier alpha value is -2.47. The van der Waals surface area contributed by atoms with Crippen molar-refractivity contribution < 1.29 is 8.78 Å². The molecule has 3 rings (SSSR count). The van der Waals surface area contributed by atoms with Crippen molar-refractivity contribution in [1.82, 2.24) is 4.98 Å². The average Bonchev–Trinajstić information content (AvgIpc) is 2.91. The molecule has 3 N–H and O–H groups in total. The van der Waals surface area contributed by atoms with Gasteiger partial charge < -0.3 is 11.1 Å². The minimum Gasteiger partial charge on any atom is -0.399 e. The second-order valence-electron chi connectivity index (χ2n) is 4.41. The molecule has 1 heterocycles. The summed E-state index contributed by atoms with van der Waals surface area (Å²) in [6.45, 7) is 0. The highest BCUT2D eigenvalue weighted by Crippen LogP contribution is 2.28. The Morgan fingerprint density at radius 2 is 1.81 bits per heavy atom. The van der Waals surface area contributed by atoms with Crippen molar-refractivity contribution in [1.29, 1.82) is 0 Å². The van der Waals surface area contributed by atoms with E-state index in [1.165, 1.54) is 23.5 Å². The SMILES string of the molecule is Nc1ccc(-c2csc(Nc3ccc(F)cc3F)n2)cc1. The van der Waals surface area contributed by atoms with E-state index in [0.717, 1.165) is 17.3 Å². The molecular formula is C15H11F2N3S. The number of thiazole rings is 1. The molecule has 21 heavy (non-hydrogen) atoms. The van der Waals surface area contributed by atoms with Gasteiger partial charge in [-0.2, -0.15) is 0 Å². The van der Waals surface area contributed by atoms with Crippen molar-refractivity contribution in [2.24, 2.45) is 0 Å². The van der Waals surface area contributed by atoms with E-state index in [-0.39, 0.29) is 5.69 Å². The van der Waals surface area contributed by atoms with Crippen LogP contribution in [0.4, 0.5) is 25.3 Å². The van der Waals surface area contributed by atoms with Crippen LogP contribution in [-0.4, -0.2) is 4.98 Å². The Balaban J connectivity index is 1.83. The van der Waals surface area contributed by atoms with E-state index in [1.54, 1.807) is 12.1 Å². The van der Waals surface area contributed by atoms with Gasteiger partial charge in [-0.25, -0.2) is 13.8 Å². The second kappa shape index (κ2) is 5.49. The Kier molecular flexibility index (Phi) is 3.53. The molecule has 0 radical (unpaired) electrons. The van der Waals surface area contributed by atoms with E-state index in [0.29, 0.717) is 10.8 Å². The zero-order valence-corrected chi connectivity index (χ0v) is 11.6. The molecule has 0 atom stereocenters. The lowest BCUT2D eigenvalue weighted by atomic mass is 10.1. The van der Waals surface area contributed by atoms with Crippen LogP contribution in [0.15, 0.2) is 47.8 Å². The minimum atomic E-state index is -0.653. The van der Waals surface area contributed by atoms with Gasteiger partial charge in [-0.3, -0.25) is 0 Å². The summed E-state index contributed by atoms with van der Waals surface area (Å²) in [6, 6.07) is 10.7. The average molecular weight is 303 g/mol. The van der Waals surface area contributed by atoms with E-state index in [1.807, 2.05) is 17.5 Å². The summed E-state index contributed by atoms with van der Waals surface area (Å²) in [6.07, 6.45) is 0. The van der Waals surface area contributed by atoms with Gasteiger partial charge in [0.15, 0.2) is 5.13 Å². The molecule has 6 heteroatoms. The van der Waals surface area contributed by atoms with Gasteiger partial charge in [0.2, 0.25) is 0 Å². The summed E-state index contributed by atoms with van der Waals surface area (Å²) in [5.74, 6) is -1.26. The lowest BCUT2D eigenvalue weighted by Gasteiger charge is -2.03. The van der Waals surface area contributed by atoms with Crippen molar-refractivity contribution in [2.75, 3.05) is 11.1 Å². The van der Waals surface area contributed by atoms with Gasteiger partial charge in [0.25, 0.3) is 0 Å². The van der Waals surface area contributed by atoms with E-state index in [9.17, 15) is 8.78 Å². The summed E-state index contributed by atoms with van der Waals surface area (Å²) in [5.41, 5.74) is 8.20. The lowest BCUT2D eigenvalue weighted by Crippen LogP contribution is -1.94. The predicted octanol–water partition coefficient (Wildman–Crippen LogP) is 4.41. The maximum atomic E-state index is 13.6. The van der Waals surface area contributed by atoms with Crippen molar-refractivity contribution in [3.05, 3.63) is 59.5 Å². The van der Waals surface area contributed by atoms with E-state index < -0.39 is 11.6 Å². The normalized spacial score (nSPS) is 10.6. The van der Waals surface area contributed by atoms with Crippen LogP contribution >= 0.6 is 11.3 Å². The molecule has 1 aromatic heterocycles. The molecule has 0 aliphatic heterocycles. The number of halogens is 2. The largest absolute Gasteiger partial charge is 0.399 e. The molecule has 3 nitrogen and oxygen atoms in total. The van der Waals surface area contributed by atoms with Crippen LogP contribution in [-0.2, 0) is 0 Å². The number of nitrogen functional groups attached to an aromatic ring is 1. The molecule has 0 bridgehead atoms. The standard InChI is InChI=1S/C15H11F2N3S/c16-10-3-6-13(12(17)7-10)19-15-20-14(8-21-15)9-1-4-11(18)5-2-9/h1-8H,18H2,(H,19,20). The zero-order valence-electron chi connectivity index (χ0n) is 10.8. The van der Waals surface area contributed by atoms with E-state index in [4.69, 9.17) is 5.73 Å². The number of aromatic nitrogens is 1. The Bertz CT molecular complexity index is 769. The van der Waals surface area contributed by atoms with Gasteiger partial charge >= 0.3 is 0 Å². The fourth-order valence-corrected chi connectivity index (χ4v) is 2.56. The molecule has 2 aromatic carbocycles. The van der Waals surface area contributed by atoms with Gasteiger partial charge in [-0.1, -0.05) is 12.1 Å². The quantitative estimate of drug-likeness (QED) is 0.704. The number of nitrogens with zero attached hydrogens (tertiary/aromatic N) is 1. The highest BCUT2D eigenvalue weighted by Gasteiger charge is 2.08. The number of benzene rings is 2. The third-order valence-electron chi connectivity index (χ3n) is 2.88. The monoisotopic (exact) mass is 303 g/mol. The summed E-state index contributed by atoms with van der Waals surface area (Å²) in [7, 11) is 0. The summed E-state index contributed by atoms with van der Waals surface area (Å²) in [5, 5.41) is 5.23. The summed E-state index contributed by atoms with van der Waals surface area (Å²) < 4.78 is 26.4. The van der Waals surface area contributed by atoms with Crippen LogP contribution in [0.25, 0.3) is 11.3 Å². The predicted molar refractivity (Wildman–Crippen MR) is 81.6 cm³/mol. The fraction of sp³-hybridized carbons (Fsp3) is 0. The Morgan fingerprint density at radius 1 is 1.05 bits per heavy atom. The smallest absolute Gasteiger partial charge is 0.187 e. The Labute approximate surface area is 124 Å². The molecule has 0 fully saturated rings. The van der Waals surface area contributed by atoms with Crippen LogP contribution in [0.2, 0.25) is 0 Å². The molecule has 0 spiro atoms. The number of nitrogens with two attached hydrogens (primary N) is 1. The van der Waals surface area contributed by atoms with Crippen LogP contribution in [0.3, 0.4) is 0 Å². The first-order valence-electron chi connectivity index (χ1n) is 6.15. The maximum absolute atomic E-state index is 13.6. The zero-order chi connectivity index (χ0) is 14.8. The third-order valence-corrected chi connectivity index (χ3v) is 3.64. The minimum absolute atomic E-state index is 0.189. The van der Waals surface area contributed by atoms with Crippen molar-refractivity contribution in [2.45, 2.75) is 0 Å². The van der Waals surface area contributed by atoms with Crippen LogP contribution < -0.4 is 11.1 Å². The van der Waals surface area contributed by atoms with Gasteiger partial charge in [0.1, 0.15) is 11.6 Å². The molecule has 0 aliphatic rings. The molecule has 0 aliphatic carbocycles. The van der Waals surface area contributed by atoms with Crippen molar-refractivity contribution in [3.63, 3.8) is 0 Å². The number of rotatable bonds is 3. The number of nitrogens with one attached hydrogen (secondary N) is 1. The highest BCUT2D eigenvalue weighted by molar-refractivity contribution is 7.14. The molecule has 106 valence electrons. The molecule has 0 unspecified atom stereocenters. The second-order valence-corrected chi connectivity index (χ2v) is 5.27. The first-order valence-corrected chi connectivity index (χ1v) is 7.03. The molecular weight excluding hydrogens is 292 g/mol. The molecule has 0 saturated carbocycles. The van der Waals surface area contributed by atoms with Gasteiger partial charge in [-0.15, -0.1) is 11.3 Å². The maximum Gasteiger partial charge on any atom is 0.187 e. The van der Waals surface area contributed by atoms with E-state index >= 15 is 0 Å². The fourth-order valence-electron chi connectivity index (χ4n) is 1.82. The van der Waals surface area contributed by atoms with E-state index in [2.05, 4.69) is 10.3 Å². The number of hydrogen-bond acceptors (Lipinski definition) is 4. The Morgan fingerprint density at radius 3 is 2.52 bits per heavy atom. The van der Waals surface area contributed by atoms with Crippen molar-refractivity contribution in [3.8, 4) is 11.3 Å². The number of hydrogen-bond donors (Lipinski definition) is 2. The third kappa shape index (κ3) is 3.00. The van der Waals surface area contributed by atoms with Crippen LogP contribution in [0, 0.1) is 11.6 Å². The summed E-state index contributed by atoms with van der Waals surface area (Å²) >= 11 is 1.34. The number of anilines is 3. The molecule has 3 aromatic rings. The van der Waals surface area contributed by atoms with Gasteiger partial charge in [-0.05, 0) is 24.3 Å². The molecule has 0 saturated heterocycles. The first-order chi connectivity index (χ1) is 10.1. The topological polar surface area (TPSA) is 50.9 Å². The van der Waals surface area contributed by atoms with Crippen molar-refractivity contribution >= 4 is 27.8 Å². The highest BCUT2D eigenvalue weighted by atomic mass is 32.1. The lowest BCUT2D eigenvalue weighted by molar-refractivity contribution is 0.586. The van der Waals surface area contributed by atoms with Gasteiger partial charge in [0, 0.05) is 22.7 Å². The van der Waals surface area contributed by atoms with Gasteiger partial charge in [0.05, 0.1) is 11.4 Å². The van der Waals surface area contributed by atoms with Crippen LogP contribution in [0.5, 0.6) is 0 Å². The summed E-state index contributed by atoms with van der Waals surface area (Å²) in [4.78, 5) is 4.38.